The number of nitrogens with one attached hydrogen (secondary N) is 1. The van der Waals surface area contributed by atoms with Gasteiger partial charge in [-0.2, -0.15) is 0 Å². The molecule has 128 valence electrons. The number of nitrogens with two attached hydrogens (primary N) is 1. The number of carboxylic acid groups (broad SMARTS) is 1. The number of carbonyl (C=O) groups is 2. The Labute approximate surface area is 138 Å². The molecule has 0 radical (unpaired) electrons. The zero-order chi connectivity index (χ0) is 15.3. The maximum absolute atomic E-state index is 12.5. The minimum absolute atomic E-state index is 0. The van der Waals surface area contributed by atoms with Crippen molar-refractivity contribution in [2.75, 3.05) is 13.1 Å². The lowest BCUT2D eigenvalue weighted by Gasteiger charge is -2.35. The standard InChI is InChI=1S/C16H28N2O3.ClH/c17-11-16(8-2-1-3-9-16)15(21)18-10-12-4-6-13(7-5-12)14(19)20;/h12-13H,1-11,17H2,(H,18,21)(H,19,20);1H/t12-,13-;. The van der Waals surface area contributed by atoms with E-state index in [0.717, 1.165) is 51.4 Å². The van der Waals surface area contributed by atoms with Crippen LogP contribution in [0.1, 0.15) is 57.8 Å². The quantitative estimate of drug-likeness (QED) is 0.720. The largest absolute Gasteiger partial charge is 0.481 e. The van der Waals surface area contributed by atoms with Crippen LogP contribution in [0.25, 0.3) is 0 Å². The molecule has 4 N–H and O–H groups in total. The van der Waals surface area contributed by atoms with E-state index in [-0.39, 0.29) is 29.6 Å². The summed E-state index contributed by atoms with van der Waals surface area (Å²) < 4.78 is 0. The van der Waals surface area contributed by atoms with Crippen molar-refractivity contribution in [1.82, 2.24) is 5.32 Å². The van der Waals surface area contributed by atoms with Crippen LogP contribution in [0.2, 0.25) is 0 Å². The second-order valence-corrected chi connectivity index (χ2v) is 6.81. The first kappa shape index (κ1) is 19.2. The zero-order valence-electron chi connectivity index (χ0n) is 13.2. The van der Waals surface area contributed by atoms with E-state index in [1.807, 2.05) is 0 Å². The number of rotatable bonds is 5. The van der Waals surface area contributed by atoms with Crippen molar-refractivity contribution in [3.8, 4) is 0 Å². The van der Waals surface area contributed by atoms with E-state index in [4.69, 9.17) is 10.8 Å². The van der Waals surface area contributed by atoms with Crippen LogP contribution in [0.15, 0.2) is 0 Å². The smallest absolute Gasteiger partial charge is 0.306 e. The molecule has 0 aromatic rings. The first-order chi connectivity index (χ1) is 10.1. The van der Waals surface area contributed by atoms with E-state index < -0.39 is 5.97 Å². The summed E-state index contributed by atoms with van der Waals surface area (Å²) in [5, 5.41) is 12.1. The lowest BCUT2D eigenvalue weighted by atomic mass is 9.73. The van der Waals surface area contributed by atoms with Crippen LogP contribution in [0, 0.1) is 17.3 Å². The topological polar surface area (TPSA) is 92.4 Å². The maximum Gasteiger partial charge on any atom is 0.306 e. The van der Waals surface area contributed by atoms with Crippen LogP contribution < -0.4 is 11.1 Å². The van der Waals surface area contributed by atoms with Crippen LogP contribution in [-0.2, 0) is 9.59 Å². The number of hydrogen-bond donors (Lipinski definition) is 3. The molecule has 5 nitrogen and oxygen atoms in total. The first-order valence-electron chi connectivity index (χ1n) is 8.28. The second kappa shape index (κ2) is 8.73. The van der Waals surface area contributed by atoms with E-state index in [2.05, 4.69) is 5.32 Å². The Kier molecular flexibility index (Phi) is 7.63. The number of halogens is 1. The average Bonchev–Trinajstić information content (AvgIpc) is 2.53. The molecule has 2 saturated carbocycles. The molecular formula is C16H29ClN2O3. The second-order valence-electron chi connectivity index (χ2n) is 6.81. The van der Waals surface area contributed by atoms with Crippen molar-refractivity contribution in [2.24, 2.45) is 23.0 Å². The Bertz CT molecular complexity index is 376. The molecule has 6 heteroatoms. The van der Waals surface area contributed by atoms with E-state index in [0.29, 0.717) is 19.0 Å². The van der Waals surface area contributed by atoms with Gasteiger partial charge in [-0.05, 0) is 44.4 Å². The molecule has 22 heavy (non-hydrogen) atoms. The van der Waals surface area contributed by atoms with Crippen LogP contribution in [0.3, 0.4) is 0 Å². The summed E-state index contributed by atoms with van der Waals surface area (Å²) in [4.78, 5) is 23.4. The molecule has 0 atom stereocenters. The highest BCUT2D eigenvalue weighted by molar-refractivity contribution is 5.85. The molecule has 0 saturated heterocycles. The Hall–Kier alpha value is -0.810. The lowest BCUT2D eigenvalue weighted by molar-refractivity contribution is -0.143. The minimum atomic E-state index is -0.679. The van der Waals surface area contributed by atoms with Gasteiger partial charge in [0.2, 0.25) is 5.91 Å². The summed E-state index contributed by atoms with van der Waals surface area (Å²) in [6, 6.07) is 0. The number of aliphatic carboxylic acids is 1. The molecule has 0 unspecified atom stereocenters. The van der Waals surface area contributed by atoms with Crippen LogP contribution >= 0.6 is 12.4 Å². The van der Waals surface area contributed by atoms with E-state index in [9.17, 15) is 9.59 Å². The third-order valence-electron chi connectivity index (χ3n) is 5.43. The van der Waals surface area contributed by atoms with Crippen molar-refractivity contribution in [2.45, 2.75) is 57.8 Å². The van der Waals surface area contributed by atoms with Gasteiger partial charge in [0.15, 0.2) is 0 Å². The van der Waals surface area contributed by atoms with Crippen molar-refractivity contribution in [1.29, 1.82) is 0 Å². The Balaban J connectivity index is 0.00000242. The summed E-state index contributed by atoms with van der Waals surface area (Å²) in [6.45, 7) is 1.11. The lowest BCUT2D eigenvalue weighted by Crippen LogP contribution is -2.48. The van der Waals surface area contributed by atoms with Crippen molar-refractivity contribution < 1.29 is 14.7 Å². The van der Waals surface area contributed by atoms with E-state index >= 15 is 0 Å². The monoisotopic (exact) mass is 332 g/mol. The Morgan fingerprint density at radius 2 is 1.68 bits per heavy atom. The number of carboxylic acids is 1. The minimum Gasteiger partial charge on any atom is -0.481 e. The predicted molar refractivity (Wildman–Crippen MR) is 87.9 cm³/mol. The van der Waals surface area contributed by atoms with Crippen LogP contribution in [0.4, 0.5) is 0 Å². The Morgan fingerprint density at radius 3 is 2.18 bits per heavy atom. The fourth-order valence-corrected chi connectivity index (χ4v) is 3.79. The molecule has 0 heterocycles. The van der Waals surface area contributed by atoms with E-state index in [1.54, 1.807) is 0 Å². The third-order valence-corrected chi connectivity index (χ3v) is 5.43. The van der Waals surface area contributed by atoms with Gasteiger partial charge in [0.25, 0.3) is 0 Å². The SMILES string of the molecule is Cl.NCC1(C(=O)NC[C@H]2CC[C@H](C(=O)O)CC2)CCCCC1. The van der Waals surface area contributed by atoms with Crippen molar-refractivity contribution in [3.63, 3.8) is 0 Å². The third kappa shape index (κ3) is 4.59. The summed E-state index contributed by atoms with van der Waals surface area (Å²) in [5.74, 6) is -0.333. The van der Waals surface area contributed by atoms with Crippen LogP contribution in [-0.4, -0.2) is 30.1 Å². The highest BCUT2D eigenvalue weighted by Crippen LogP contribution is 2.36. The van der Waals surface area contributed by atoms with Gasteiger partial charge in [-0.15, -0.1) is 12.4 Å². The van der Waals surface area contributed by atoms with Gasteiger partial charge in [-0.3, -0.25) is 9.59 Å². The summed E-state index contributed by atoms with van der Waals surface area (Å²) in [5.41, 5.74) is 5.52. The van der Waals surface area contributed by atoms with Gasteiger partial charge >= 0.3 is 5.97 Å². The summed E-state index contributed by atoms with van der Waals surface area (Å²) in [7, 11) is 0. The average molecular weight is 333 g/mol. The highest BCUT2D eigenvalue weighted by Gasteiger charge is 2.38. The number of carbonyl (C=O) groups excluding carboxylic acids is 1. The molecule has 0 aromatic carbocycles. The van der Waals surface area contributed by atoms with Crippen LogP contribution in [0.5, 0.6) is 0 Å². The summed E-state index contributed by atoms with van der Waals surface area (Å²) in [6.07, 6.45) is 8.45. The van der Waals surface area contributed by atoms with Gasteiger partial charge < -0.3 is 16.2 Å². The van der Waals surface area contributed by atoms with Gasteiger partial charge in [0.1, 0.15) is 0 Å². The molecule has 2 aliphatic rings. The van der Waals surface area contributed by atoms with Gasteiger partial charge in [-0.1, -0.05) is 19.3 Å². The molecule has 2 rings (SSSR count). The zero-order valence-corrected chi connectivity index (χ0v) is 14.0. The van der Waals surface area contributed by atoms with Crippen molar-refractivity contribution >= 4 is 24.3 Å². The van der Waals surface area contributed by atoms with Gasteiger partial charge in [-0.25, -0.2) is 0 Å². The number of amides is 1. The first-order valence-corrected chi connectivity index (χ1v) is 8.28. The molecule has 1 amide bonds. The fraction of sp³-hybridized carbons (Fsp3) is 0.875. The summed E-state index contributed by atoms with van der Waals surface area (Å²) >= 11 is 0. The molecule has 2 fully saturated rings. The molecular weight excluding hydrogens is 304 g/mol. The molecule has 0 bridgehead atoms. The molecule has 0 spiro atoms. The maximum atomic E-state index is 12.5. The van der Waals surface area contributed by atoms with Crippen molar-refractivity contribution in [3.05, 3.63) is 0 Å². The Morgan fingerprint density at radius 1 is 1.09 bits per heavy atom. The molecule has 2 aliphatic carbocycles. The normalized spacial score (nSPS) is 27.5. The van der Waals surface area contributed by atoms with Gasteiger partial charge in [0.05, 0.1) is 11.3 Å². The fourth-order valence-electron chi connectivity index (χ4n) is 3.79. The highest BCUT2D eigenvalue weighted by atomic mass is 35.5. The van der Waals surface area contributed by atoms with Gasteiger partial charge in [0, 0.05) is 13.1 Å². The molecule has 0 aromatic heterocycles. The van der Waals surface area contributed by atoms with E-state index in [1.165, 1.54) is 6.42 Å². The number of hydrogen-bond acceptors (Lipinski definition) is 3. The predicted octanol–water partition coefficient (Wildman–Crippen LogP) is 2.32. The molecule has 0 aliphatic heterocycles.